The van der Waals surface area contributed by atoms with E-state index in [4.69, 9.17) is 0 Å². The molecule has 0 spiro atoms. The minimum atomic E-state index is -0.890. The molecule has 0 aliphatic heterocycles. The number of carboxylic acid groups (broad SMARTS) is 1. The van der Waals surface area contributed by atoms with Crippen LogP contribution in [0.2, 0.25) is 0 Å². The second-order valence-corrected chi connectivity index (χ2v) is 8.24. The maximum Gasteiger partial charge on any atom is 0.329 e. The number of anilines is 1. The Labute approximate surface area is 127 Å². The number of aryl methyl sites for hydroxylation is 1. The molecule has 0 amide bonds. The van der Waals surface area contributed by atoms with E-state index in [0.29, 0.717) is 12.8 Å². The van der Waals surface area contributed by atoms with Gasteiger partial charge in [-0.05, 0) is 54.7 Å². The predicted octanol–water partition coefficient (Wildman–Crippen LogP) is 4.47. The zero-order valence-corrected chi connectivity index (χ0v) is 13.8. The lowest BCUT2D eigenvalue weighted by atomic mass is 9.58. The molecule has 1 aromatic carbocycles. The van der Waals surface area contributed by atoms with Gasteiger partial charge in [-0.25, -0.2) is 4.79 Å². The third-order valence-corrected chi connectivity index (χ3v) is 4.33. The van der Waals surface area contributed by atoms with Crippen LogP contribution in [0.4, 0.5) is 5.69 Å². The van der Waals surface area contributed by atoms with Crippen LogP contribution in [0.1, 0.15) is 52.5 Å². The van der Waals surface area contributed by atoms with E-state index < -0.39 is 11.5 Å². The van der Waals surface area contributed by atoms with E-state index in [1.807, 2.05) is 31.2 Å². The van der Waals surface area contributed by atoms with Crippen LogP contribution in [-0.2, 0) is 4.79 Å². The van der Waals surface area contributed by atoms with E-state index in [-0.39, 0.29) is 10.8 Å². The molecule has 1 aliphatic rings. The van der Waals surface area contributed by atoms with Gasteiger partial charge < -0.3 is 10.4 Å². The third-order valence-electron chi connectivity index (χ3n) is 4.33. The SMILES string of the molecule is Cc1cccc(NC2(C(=O)O)CC(C)(C)CC(C)(C)C2)c1. The van der Waals surface area contributed by atoms with Crippen molar-refractivity contribution in [2.24, 2.45) is 10.8 Å². The zero-order valence-electron chi connectivity index (χ0n) is 13.8. The van der Waals surface area contributed by atoms with Gasteiger partial charge in [-0.3, -0.25) is 0 Å². The first-order valence-electron chi connectivity index (χ1n) is 7.62. The molecule has 21 heavy (non-hydrogen) atoms. The highest BCUT2D eigenvalue weighted by Gasteiger charge is 2.52. The molecule has 1 saturated carbocycles. The summed E-state index contributed by atoms with van der Waals surface area (Å²) in [6.45, 7) is 10.7. The van der Waals surface area contributed by atoms with Crippen molar-refractivity contribution in [1.82, 2.24) is 0 Å². The fourth-order valence-electron chi connectivity index (χ4n) is 4.41. The molecule has 1 aromatic rings. The van der Waals surface area contributed by atoms with Crippen molar-refractivity contribution in [2.45, 2.75) is 59.4 Å². The molecule has 1 fully saturated rings. The standard InChI is InChI=1S/C18H27NO2/c1-13-7-6-8-14(9-13)19-18(15(20)21)11-16(2,3)10-17(4,5)12-18/h6-9,19H,10-12H2,1-5H3,(H,20,21). The molecule has 3 heteroatoms. The number of hydrogen-bond acceptors (Lipinski definition) is 2. The zero-order chi connectivity index (χ0) is 15.9. The van der Waals surface area contributed by atoms with Crippen LogP contribution in [0.3, 0.4) is 0 Å². The molecule has 116 valence electrons. The lowest BCUT2D eigenvalue weighted by Gasteiger charge is -2.50. The highest BCUT2D eigenvalue weighted by Crippen LogP contribution is 2.51. The first kappa shape index (κ1) is 15.9. The molecule has 2 N–H and O–H groups in total. The number of carboxylic acids is 1. The molecule has 2 rings (SSSR count). The number of nitrogens with one attached hydrogen (secondary N) is 1. The van der Waals surface area contributed by atoms with Crippen molar-refractivity contribution in [3.8, 4) is 0 Å². The van der Waals surface area contributed by atoms with Gasteiger partial charge in [0.15, 0.2) is 0 Å². The summed E-state index contributed by atoms with van der Waals surface area (Å²) >= 11 is 0. The number of carbonyl (C=O) groups is 1. The molecule has 0 heterocycles. The monoisotopic (exact) mass is 289 g/mol. The maximum atomic E-state index is 12.1. The van der Waals surface area contributed by atoms with Crippen molar-refractivity contribution in [3.05, 3.63) is 29.8 Å². The van der Waals surface area contributed by atoms with E-state index in [1.165, 1.54) is 0 Å². The Bertz CT molecular complexity index is 530. The van der Waals surface area contributed by atoms with Crippen LogP contribution in [0.15, 0.2) is 24.3 Å². The van der Waals surface area contributed by atoms with E-state index in [0.717, 1.165) is 17.7 Å². The second-order valence-electron chi connectivity index (χ2n) is 8.24. The Morgan fingerprint density at radius 3 is 2.14 bits per heavy atom. The Kier molecular flexibility index (Phi) is 3.81. The fourth-order valence-corrected chi connectivity index (χ4v) is 4.41. The summed E-state index contributed by atoms with van der Waals surface area (Å²) in [5.41, 5.74) is 1.16. The Morgan fingerprint density at radius 2 is 1.67 bits per heavy atom. The molecule has 0 aromatic heterocycles. The highest BCUT2D eigenvalue weighted by molar-refractivity contribution is 5.83. The molecular weight excluding hydrogens is 262 g/mol. The Hall–Kier alpha value is -1.51. The van der Waals surface area contributed by atoms with E-state index in [9.17, 15) is 9.90 Å². The lowest BCUT2D eigenvalue weighted by Crippen LogP contribution is -2.56. The smallest absolute Gasteiger partial charge is 0.329 e. The average molecular weight is 289 g/mol. The third kappa shape index (κ3) is 3.58. The molecular formula is C18H27NO2. The Balaban J connectivity index is 2.39. The molecule has 3 nitrogen and oxygen atoms in total. The Morgan fingerprint density at radius 1 is 1.10 bits per heavy atom. The van der Waals surface area contributed by atoms with Crippen molar-refractivity contribution in [3.63, 3.8) is 0 Å². The van der Waals surface area contributed by atoms with Crippen molar-refractivity contribution in [1.29, 1.82) is 0 Å². The van der Waals surface area contributed by atoms with Gasteiger partial charge >= 0.3 is 5.97 Å². The molecule has 0 atom stereocenters. The van der Waals surface area contributed by atoms with Gasteiger partial charge in [-0.15, -0.1) is 0 Å². The molecule has 0 radical (unpaired) electrons. The molecule has 0 saturated heterocycles. The summed E-state index contributed by atoms with van der Waals surface area (Å²) in [4.78, 5) is 12.1. The van der Waals surface area contributed by atoms with E-state index in [1.54, 1.807) is 0 Å². The van der Waals surface area contributed by atoms with Crippen LogP contribution < -0.4 is 5.32 Å². The number of rotatable bonds is 3. The second kappa shape index (κ2) is 5.04. The minimum absolute atomic E-state index is 0.0109. The highest BCUT2D eigenvalue weighted by atomic mass is 16.4. The van der Waals surface area contributed by atoms with Crippen molar-refractivity contribution < 1.29 is 9.90 Å². The molecule has 0 unspecified atom stereocenters. The summed E-state index contributed by atoms with van der Waals surface area (Å²) in [6, 6.07) is 7.95. The summed E-state index contributed by atoms with van der Waals surface area (Å²) < 4.78 is 0. The van der Waals surface area contributed by atoms with E-state index >= 15 is 0 Å². The van der Waals surface area contributed by atoms with Gasteiger partial charge in [0, 0.05) is 5.69 Å². The largest absolute Gasteiger partial charge is 0.480 e. The van der Waals surface area contributed by atoms with Gasteiger partial charge in [-0.2, -0.15) is 0 Å². The quantitative estimate of drug-likeness (QED) is 0.863. The van der Waals surface area contributed by atoms with Crippen LogP contribution >= 0.6 is 0 Å². The van der Waals surface area contributed by atoms with Crippen LogP contribution in [0.5, 0.6) is 0 Å². The van der Waals surface area contributed by atoms with Gasteiger partial charge in [0.25, 0.3) is 0 Å². The summed E-state index contributed by atoms with van der Waals surface area (Å²) in [7, 11) is 0. The minimum Gasteiger partial charge on any atom is -0.480 e. The lowest BCUT2D eigenvalue weighted by molar-refractivity contribution is -0.147. The number of aliphatic carboxylic acids is 1. The van der Waals surface area contributed by atoms with Gasteiger partial charge in [0.2, 0.25) is 0 Å². The summed E-state index contributed by atoms with van der Waals surface area (Å²) in [6.07, 6.45) is 2.34. The first-order valence-corrected chi connectivity index (χ1v) is 7.62. The molecule has 0 bridgehead atoms. The van der Waals surface area contributed by atoms with Gasteiger partial charge in [-0.1, -0.05) is 39.8 Å². The maximum absolute atomic E-state index is 12.1. The van der Waals surface area contributed by atoms with Crippen molar-refractivity contribution in [2.75, 3.05) is 5.32 Å². The number of benzene rings is 1. The first-order chi connectivity index (χ1) is 9.54. The topological polar surface area (TPSA) is 49.3 Å². The van der Waals surface area contributed by atoms with Gasteiger partial charge in [0.05, 0.1) is 0 Å². The summed E-state index contributed by atoms with van der Waals surface area (Å²) in [5.74, 6) is -0.746. The summed E-state index contributed by atoms with van der Waals surface area (Å²) in [5, 5.41) is 13.3. The number of hydrogen-bond donors (Lipinski definition) is 2. The van der Waals surface area contributed by atoms with Gasteiger partial charge in [0.1, 0.15) is 5.54 Å². The van der Waals surface area contributed by atoms with Crippen molar-refractivity contribution >= 4 is 11.7 Å². The van der Waals surface area contributed by atoms with Crippen LogP contribution in [-0.4, -0.2) is 16.6 Å². The van der Waals surface area contributed by atoms with E-state index in [2.05, 4.69) is 33.0 Å². The van der Waals surface area contributed by atoms with Crippen LogP contribution in [0.25, 0.3) is 0 Å². The predicted molar refractivity (Wildman–Crippen MR) is 86.6 cm³/mol. The average Bonchev–Trinajstić information content (AvgIpc) is 2.23. The van der Waals surface area contributed by atoms with Crippen LogP contribution in [0, 0.1) is 17.8 Å². The molecule has 1 aliphatic carbocycles. The fraction of sp³-hybridized carbons (Fsp3) is 0.611. The normalized spacial score (nSPS) is 22.5.